The molecule has 0 unspecified atom stereocenters. The molecule has 0 atom stereocenters. The van der Waals surface area contributed by atoms with Gasteiger partial charge in [-0.2, -0.15) is 0 Å². The van der Waals surface area contributed by atoms with Gasteiger partial charge in [0.1, 0.15) is 6.61 Å². The number of benzene rings is 2. The number of nitrogens with zero attached hydrogens (tertiary/aromatic N) is 1. The highest BCUT2D eigenvalue weighted by Crippen LogP contribution is 2.34. The van der Waals surface area contributed by atoms with Gasteiger partial charge in [-0.25, -0.2) is 0 Å². The first-order valence-electron chi connectivity index (χ1n) is 8.82. The van der Waals surface area contributed by atoms with Gasteiger partial charge in [-0.05, 0) is 41.6 Å². The minimum absolute atomic E-state index is 0.233. The molecule has 2 aromatic carbocycles. The van der Waals surface area contributed by atoms with E-state index in [2.05, 4.69) is 0 Å². The molecule has 1 aliphatic heterocycles. The number of methoxy groups -OCH3 is 2. The quantitative estimate of drug-likeness (QED) is 0.566. The summed E-state index contributed by atoms with van der Waals surface area (Å²) in [4.78, 5) is 26.0. The first-order chi connectivity index (χ1) is 14.0. The number of carbonyl (C=O) groups is 2. The molecule has 0 radical (unpaired) electrons. The van der Waals surface area contributed by atoms with Crippen molar-refractivity contribution < 1.29 is 23.8 Å². The van der Waals surface area contributed by atoms with Gasteiger partial charge in [0.25, 0.3) is 11.1 Å². The maximum atomic E-state index is 12.4. The van der Waals surface area contributed by atoms with E-state index < -0.39 is 0 Å². The Hall–Kier alpha value is -2.48. The third kappa shape index (κ3) is 5.12. The summed E-state index contributed by atoms with van der Waals surface area (Å²) in [5.74, 6) is 0.747. The molecule has 1 fully saturated rings. The molecule has 2 amide bonds. The number of ether oxygens (including phenoxy) is 3. The Balaban J connectivity index is 1.75. The third-order valence-electron chi connectivity index (χ3n) is 4.22. The second kappa shape index (κ2) is 9.82. The molecule has 1 heterocycles. The zero-order valence-electron chi connectivity index (χ0n) is 16.0. The van der Waals surface area contributed by atoms with Gasteiger partial charge in [-0.3, -0.25) is 14.5 Å². The van der Waals surface area contributed by atoms with Crippen molar-refractivity contribution in [3.63, 3.8) is 0 Å². The van der Waals surface area contributed by atoms with Crippen LogP contribution < -0.4 is 9.47 Å². The van der Waals surface area contributed by atoms with E-state index in [1.165, 1.54) is 12.0 Å². The van der Waals surface area contributed by atoms with Crippen LogP contribution in [0.25, 0.3) is 6.08 Å². The molecule has 2 aromatic rings. The molecular formula is C21H20ClNO5S. The number of carbonyl (C=O) groups excluding carboxylic acids is 2. The Kier molecular flexibility index (Phi) is 7.19. The van der Waals surface area contributed by atoms with Crippen molar-refractivity contribution in [3.05, 3.63) is 63.5 Å². The number of rotatable bonds is 8. The average Bonchev–Trinajstić information content (AvgIpc) is 2.99. The number of amides is 2. The van der Waals surface area contributed by atoms with Crippen LogP contribution in [0.4, 0.5) is 4.79 Å². The minimum atomic E-state index is -0.324. The first kappa shape index (κ1) is 21.2. The summed E-state index contributed by atoms with van der Waals surface area (Å²) in [7, 11) is 3.07. The number of imide groups is 1. The van der Waals surface area contributed by atoms with Gasteiger partial charge < -0.3 is 14.2 Å². The lowest BCUT2D eigenvalue weighted by Crippen LogP contribution is -2.31. The maximum Gasteiger partial charge on any atom is 0.293 e. The zero-order chi connectivity index (χ0) is 20.8. The van der Waals surface area contributed by atoms with E-state index in [4.69, 9.17) is 25.8 Å². The summed E-state index contributed by atoms with van der Waals surface area (Å²) in [6.45, 7) is 0.834. The normalized spacial score (nSPS) is 15.3. The summed E-state index contributed by atoms with van der Waals surface area (Å²) in [6, 6.07) is 12.8. The molecule has 0 bridgehead atoms. The van der Waals surface area contributed by atoms with Crippen LogP contribution in [-0.4, -0.2) is 43.4 Å². The van der Waals surface area contributed by atoms with E-state index in [9.17, 15) is 9.59 Å². The number of thioether (sulfide) groups is 1. The van der Waals surface area contributed by atoms with Crippen LogP contribution in [0.15, 0.2) is 47.4 Å². The Bertz CT molecular complexity index is 946. The first-order valence-corrected chi connectivity index (χ1v) is 10.0. The molecule has 8 heteroatoms. The predicted octanol–water partition coefficient (Wildman–Crippen LogP) is 4.61. The molecule has 1 saturated heterocycles. The van der Waals surface area contributed by atoms with Crippen LogP contribution in [0, 0.1) is 0 Å². The highest BCUT2D eigenvalue weighted by Gasteiger charge is 2.34. The fourth-order valence-corrected chi connectivity index (χ4v) is 3.75. The number of hydrogen-bond acceptors (Lipinski definition) is 6. The summed E-state index contributed by atoms with van der Waals surface area (Å²) >= 11 is 7.07. The molecule has 0 aromatic heterocycles. The minimum Gasteiger partial charge on any atom is -0.493 e. The lowest BCUT2D eigenvalue weighted by Gasteiger charge is -2.12. The highest BCUT2D eigenvalue weighted by atomic mass is 35.5. The van der Waals surface area contributed by atoms with E-state index in [-0.39, 0.29) is 17.7 Å². The molecule has 0 spiro atoms. The van der Waals surface area contributed by atoms with Gasteiger partial charge in [0.2, 0.25) is 0 Å². The SMILES string of the molecule is COCCN1C(=O)S/C(=C/c2ccc(OCc3ccccc3Cl)c(OC)c2)C1=O. The Morgan fingerprint density at radius 3 is 2.62 bits per heavy atom. The van der Waals surface area contributed by atoms with E-state index in [1.807, 2.05) is 18.2 Å². The second-order valence-electron chi connectivity index (χ2n) is 6.12. The van der Waals surface area contributed by atoms with Crippen LogP contribution in [0.5, 0.6) is 11.5 Å². The van der Waals surface area contributed by atoms with Crippen LogP contribution >= 0.6 is 23.4 Å². The molecular weight excluding hydrogens is 414 g/mol. The van der Waals surface area contributed by atoms with Gasteiger partial charge in [-0.1, -0.05) is 35.9 Å². The highest BCUT2D eigenvalue weighted by molar-refractivity contribution is 8.18. The fraction of sp³-hybridized carbons (Fsp3) is 0.238. The van der Waals surface area contributed by atoms with Crippen LogP contribution in [0.2, 0.25) is 5.02 Å². The Labute approximate surface area is 178 Å². The van der Waals surface area contributed by atoms with Gasteiger partial charge in [-0.15, -0.1) is 0 Å². The molecule has 0 saturated carbocycles. The summed E-state index contributed by atoms with van der Waals surface area (Å²) in [6.07, 6.45) is 1.66. The molecule has 1 aliphatic rings. The van der Waals surface area contributed by atoms with Gasteiger partial charge in [0.15, 0.2) is 11.5 Å². The van der Waals surface area contributed by atoms with E-state index in [0.29, 0.717) is 34.6 Å². The van der Waals surface area contributed by atoms with E-state index in [1.54, 1.807) is 37.5 Å². The molecule has 152 valence electrons. The lowest BCUT2D eigenvalue weighted by molar-refractivity contribution is -0.123. The van der Waals surface area contributed by atoms with E-state index >= 15 is 0 Å². The predicted molar refractivity (Wildman–Crippen MR) is 113 cm³/mol. The molecule has 3 rings (SSSR count). The molecule has 0 N–H and O–H groups in total. The van der Waals surface area contributed by atoms with Gasteiger partial charge in [0, 0.05) is 17.7 Å². The Morgan fingerprint density at radius 1 is 1.10 bits per heavy atom. The van der Waals surface area contributed by atoms with Crippen molar-refractivity contribution in [1.82, 2.24) is 4.90 Å². The maximum absolute atomic E-state index is 12.4. The van der Waals surface area contributed by atoms with Crippen molar-refractivity contribution in [2.75, 3.05) is 27.4 Å². The van der Waals surface area contributed by atoms with Gasteiger partial charge >= 0.3 is 0 Å². The standard InChI is InChI=1S/C21H20ClNO5S/c1-26-10-9-23-20(24)19(29-21(23)25)12-14-7-8-17(18(11-14)27-2)28-13-15-5-3-4-6-16(15)22/h3-8,11-12H,9-10,13H2,1-2H3/b19-12+. The van der Waals surface area contributed by atoms with Crippen molar-refractivity contribution in [2.24, 2.45) is 0 Å². The number of hydrogen-bond donors (Lipinski definition) is 0. The van der Waals surface area contributed by atoms with Crippen molar-refractivity contribution in [1.29, 1.82) is 0 Å². The van der Waals surface area contributed by atoms with Crippen LogP contribution in [0.1, 0.15) is 11.1 Å². The largest absolute Gasteiger partial charge is 0.493 e. The van der Waals surface area contributed by atoms with E-state index in [0.717, 1.165) is 22.9 Å². The summed E-state index contributed by atoms with van der Waals surface area (Å²) < 4.78 is 16.2. The lowest BCUT2D eigenvalue weighted by atomic mass is 10.1. The number of halogens is 1. The van der Waals surface area contributed by atoms with Crippen LogP contribution in [0.3, 0.4) is 0 Å². The molecule has 29 heavy (non-hydrogen) atoms. The zero-order valence-corrected chi connectivity index (χ0v) is 17.6. The van der Waals surface area contributed by atoms with Crippen molar-refractivity contribution in [2.45, 2.75) is 6.61 Å². The topological polar surface area (TPSA) is 65.1 Å². The smallest absolute Gasteiger partial charge is 0.293 e. The average molecular weight is 434 g/mol. The summed E-state index contributed by atoms with van der Waals surface area (Å²) in [5, 5.41) is 0.331. The monoisotopic (exact) mass is 433 g/mol. The molecule has 6 nitrogen and oxygen atoms in total. The van der Waals surface area contributed by atoms with Crippen molar-refractivity contribution >= 4 is 40.6 Å². The third-order valence-corrected chi connectivity index (χ3v) is 5.50. The molecule has 0 aliphatic carbocycles. The van der Waals surface area contributed by atoms with Crippen LogP contribution in [-0.2, 0) is 16.1 Å². The Morgan fingerprint density at radius 2 is 1.90 bits per heavy atom. The second-order valence-corrected chi connectivity index (χ2v) is 7.52. The summed E-state index contributed by atoms with van der Waals surface area (Å²) in [5.41, 5.74) is 1.59. The fourth-order valence-electron chi connectivity index (χ4n) is 2.69. The van der Waals surface area contributed by atoms with Crippen molar-refractivity contribution in [3.8, 4) is 11.5 Å². The van der Waals surface area contributed by atoms with Gasteiger partial charge in [0.05, 0.1) is 25.2 Å².